The van der Waals surface area contributed by atoms with E-state index in [2.05, 4.69) is 20.5 Å². The van der Waals surface area contributed by atoms with Crippen molar-refractivity contribution in [3.8, 4) is 0 Å². The van der Waals surface area contributed by atoms with Gasteiger partial charge in [-0.2, -0.15) is 0 Å². The van der Waals surface area contributed by atoms with Crippen molar-refractivity contribution in [1.29, 1.82) is 0 Å². The summed E-state index contributed by atoms with van der Waals surface area (Å²) in [6.07, 6.45) is 0.902. The van der Waals surface area contributed by atoms with Gasteiger partial charge in [0.2, 0.25) is 5.91 Å². The first-order chi connectivity index (χ1) is 11.6. The van der Waals surface area contributed by atoms with Crippen molar-refractivity contribution >= 4 is 35.8 Å². The van der Waals surface area contributed by atoms with E-state index in [1.54, 1.807) is 19.0 Å². The lowest BCUT2D eigenvalue weighted by molar-refractivity contribution is -0.127. The maximum Gasteiger partial charge on any atom is 0.243 e. The number of rotatable bonds is 10. The Kier molecular flexibility index (Phi) is 15.2. The first-order valence-electron chi connectivity index (χ1n) is 8.73. The number of nitrogens with one attached hydrogen (secondary N) is 2. The summed E-state index contributed by atoms with van der Waals surface area (Å²) >= 11 is 0. The maximum atomic E-state index is 11.7. The zero-order valence-electron chi connectivity index (χ0n) is 15.8. The van der Waals surface area contributed by atoms with Crippen LogP contribution in [0.25, 0.3) is 0 Å². The van der Waals surface area contributed by atoms with Crippen LogP contribution in [-0.2, 0) is 14.3 Å². The van der Waals surface area contributed by atoms with Gasteiger partial charge in [0.25, 0.3) is 0 Å². The Balaban J connectivity index is 0.00000576. The van der Waals surface area contributed by atoms with E-state index in [0.29, 0.717) is 5.96 Å². The van der Waals surface area contributed by atoms with Gasteiger partial charge in [0.05, 0.1) is 13.2 Å². The van der Waals surface area contributed by atoms with Crippen molar-refractivity contribution in [2.75, 3.05) is 79.8 Å². The SMILES string of the molecule is CCOCCCNC(=NCC(=O)N(C)C)NCCN1CCOCC1.I. The number of ether oxygens (including phenoxy) is 2. The van der Waals surface area contributed by atoms with Gasteiger partial charge in [0.1, 0.15) is 6.54 Å². The van der Waals surface area contributed by atoms with Crippen molar-refractivity contribution < 1.29 is 14.3 Å². The molecule has 25 heavy (non-hydrogen) atoms. The highest BCUT2D eigenvalue weighted by molar-refractivity contribution is 14.0. The first-order valence-corrected chi connectivity index (χ1v) is 8.73. The first kappa shape index (κ1) is 24.4. The smallest absolute Gasteiger partial charge is 0.243 e. The summed E-state index contributed by atoms with van der Waals surface area (Å²) in [7, 11) is 3.47. The average Bonchev–Trinajstić information content (AvgIpc) is 2.59. The number of guanidine groups is 1. The van der Waals surface area contributed by atoms with Crippen molar-refractivity contribution in [1.82, 2.24) is 20.4 Å². The Morgan fingerprint density at radius 2 is 1.92 bits per heavy atom. The Morgan fingerprint density at radius 3 is 2.56 bits per heavy atom. The fraction of sp³-hybridized carbons (Fsp3) is 0.875. The molecular weight excluding hydrogens is 437 g/mol. The number of nitrogens with zero attached hydrogens (tertiary/aromatic N) is 3. The van der Waals surface area contributed by atoms with Crippen LogP contribution in [0.15, 0.2) is 4.99 Å². The summed E-state index contributed by atoms with van der Waals surface area (Å²) < 4.78 is 10.7. The predicted octanol–water partition coefficient (Wildman–Crippen LogP) is -0.0134. The Hall–Kier alpha value is -0.650. The highest BCUT2D eigenvalue weighted by Gasteiger charge is 2.10. The van der Waals surface area contributed by atoms with Gasteiger partial charge in [0.15, 0.2) is 5.96 Å². The fourth-order valence-corrected chi connectivity index (χ4v) is 2.14. The molecule has 0 aromatic carbocycles. The number of amides is 1. The Bertz CT molecular complexity index is 377. The lowest BCUT2D eigenvalue weighted by atomic mass is 10.4. The normalized spacial score (nSPS) is 15.4. The molecule has 0 atom stereocenters. The molecule has 1 rings (SSSR count). The van der Waals surface area contributed by atoms with E-state index in [1.165, 1.54) is 0 Å². The molecule has 0 aromatic rings. The van der Waals surface area contributed by atoms with Crippen LogP contribution in [0.5, 0.6) is 0 Å². The van der Waals surface area contributed by atoms with Gasteiger partial charge < -0.3 is 25.0 Å². The third-order valence-electron chi connectivity index (χ3n) is 3.66. The summed E-state index contributed by atoms with van der Waals surface area (Å²) in [5.74, 6) is 0.661. The van der Waals surface area contributed by atoms with Crippen LogP contribution >= 0.6 is 24.0 Å². The van der Waals surface area contributed by atoms with Crippen molar-refractivity contribution in [3.63, 3.8) is 0 Å². The van der Waals surface area contributed by atoms with E-state index in [0.717, 1.165) is 65.6 Å². The summed E-state index contributed by atoms with van der Waals surface area (Å²) in [5, 5.41) is 6.55. The molecule has 1 heterocycles. The molecule has 0 aliphatic carbocycles. The molecule has 0 spiro atoms. The molecule has 1 saturated heterocycles. The second-order valence-electron chi connectivity index (χ2n) is 5.81. The predicted molar refractivity (Wildman–Crippen MR) is 111 cm³/mol. The van der Waals surface area contributed by atoms with Gasteiger partial charge in [-0.05, 0) is 13.3 Å². The van der Waals surface area contributed by atoms with E-state index < -0.39 is 0 Å². The molecule has 0 saturated carbocycles. The minimum absolute atomic E-state index is 0. The summed E-state index contributed by atoms with van der Waals surface area (Å²) in [6, 6.07) is 0. The summed E-state index contributed by atoms with van der Waals surface area (Å²) in [6.45, 7) is 9.60. The standard InChI is InChI=1S/C16H33N5O3.HI/c1-4-23-11-5-6-17-16(19-14-15(22)20(2)3)18-7-8-21-9-12-24-13-10-21;/h4-14H2,1-3H3,(H2,17,18,19);1H. The molecule has 9 heteroatoms. The lowest BCUT2D eigenvalue weighted by Gasteiger charge is -2.26. The number of aliphatic imine (C=N–C) groups is 1. The van der Waals surface area contributed by atoms with Crippen LogP contribution in [0.2, 0.25) is 0 Å². The van der Waals surface area contributed by atoms with Crippen LogP contribution in [0.4, 0.5) is 0 Å². The van der Waals surface area contributed by atoms with Crippen LogP contribution in [-0.4, -0.2) is 101 Å². The number of carbonyl (C=O) groups excluding carboxylic acids is 1. The second kappa shape index (κ2) is 15.6. The molecule has 1 fully saturated rings. The highest BCUT2D eigenvalue weighted by atomic mass is 127. The molecule has 0 bridgehead atoms. The van der Waals surface area contributed by atoms with Gasteiger partial charge in [-0.1, -0.05) is 0 Å². The number of hydrogen-bond acceptors (Lipinski definition) is 5. The van der Waals surface area contributed by atoms with E-state index in [1.807, 2.05) is 6.92 Å². The van der Waals surface area contributed by atoms with Crippen LogP contribution < -0.4 is 10.6 Å². The molecule has 0 unspecified atom stereocenters. The largest absolute Gasteiger partial charge is 0.382 e. The Morgan fingerprint density at radius 1 is 1.24 bits per heavy atom. The quantitative estimate of drug-likeness (QED) is 0.202. The van der Waals surface area contributed by atoms with Crippen LogP contribution in [0.3, 0.4) is 0 Å². The monoisotopic (exact) mass is 471 g/mol. The molecule has 1 aliphatic heterocycles. The van der Waals surface area contributed by atoms with E-state index >= 15 is 0 Å². The van der Waals surface area contributed by atoms with Crippen LogP contribution in [0, 0.1) is 0 Å². The molecule has 1 amide bonds. The molecule has 148 valence electrons. The third-order valence-corrected chi connectivity index (χ3v) is 3.66. The average molecular weight is 471 g/mol. The van der Waals surface area contributed by atoms with E-state index in [9.17, 15) is 4.79 Å². The van der Waals surface area contributed by atoms with Gasteiger partial charge in [-0.3, -0.25) is 9.69 Å². The molecule has 8 nitrogen and oxygen atoms in total. The lowest BCUT2D eigenvalue weighted by Crippen LogP contribution is -2.45. The number of halogens is 1. The molecular formula is C16H34IN5O3. The zero-order chi connectivity index (χ0) is 17.6. The minimum Gasteiger partial charge on any atom is -0.382 e. The second-order valence-corrected chi connectivity index (χ2v) is 5.81. The topological polar surface area (TPSA) is 78.4 Å². The Labute approximate surface area is 168 Å². The number of likely N-dealkylation sites (N-methyl/N-ethyl adjacent to an activating group) is 1. The van der Waals surface area contributed by atoms with E-state index in [4.69, 9.17) is 9.47 Å². The van der Waals surface area contributed by atoms with Crippen LogP contribution in [0.1, 0.15) is 13.3 Å². The molecule has 2 N–H and O–H groups in total. The third kappa shape index (κ3) is 12.4. The highest BCUT2D eigenvalue weighted by Crippen LogP contribution is 1.94. The fourth-order valence-electron chi connectivity index (χ4n) is 2.14. The van der Waals surface area contributed by atoms with Crippen molar-refractivity contribution in [2.45, 2.75) is 13.3 Å². The van der Waals surface area contributed by atoms with Gasteiger partial charge in [-0.15, -0.1) is 24.0 Å². The van der Waals surface area contributed by atoms with E-state index in [-0.39, 0.29) is 36.4 Å². The maximum absolute atomic E-state index is 11.7. The summed E-state index contributed by atoms with van der Waals surface area (Å²) in [5.41, 5.74) is 0. The molecule has 0 aromatic heterocycles. The minimum atomic E-state index is -0.0152. The molecule has 1 aliphatic rings. The number of carbonyl (C=O) groups is 1. The van der Waals surface area contributed by atoms with Crippen molar-refractivity contribution in [2.24, 2.45) is 4.99 Å². The molecule has 0 radical (unpaired) electrons. The van der Waals surface area contributed by atoms with Gasteiger partial charge >= 0.3 is 0 Å². The van der Waals surface area contributed by atoms with Crippen molar-refractivity contribution in [3.05, 3.63) is 0 Å². The number of morpholine rings is 1. The van der Waals surface area contributed by atoms with Gasteiger partial charge in [-0.25, -0.2) is 4.99 Å². The number of hydrogen-bond donors (Lipinski definition) is 2. The zero-order valence-corrected chi connectivity index (χ0v) is 18.1. The summed E-state index contributed by atoms with van der Waals surface area (Å²) in [4.78, 5) is 20.0. The van der Waals surface area contributed by atoms with Gasteiger partial charge in [0, 0.05) is 60.0 Å².